The monoisotopic (exact) mass is 371 g/mol. The van der Waals surface area contributed by atoms with Crippen LogP contribution in [0.15, 0.2) is 45.1 Å². The summed E-state index contributed by atoms with van der Waals surface area (Å²) in [6.07, 6.45) is 1.06. The zero-order chi connectivity index (χ0) is 18.6. The van der Waals surface area contributed by atoms with Gasteiger partial charge in [0.2, 0.25) is 0 Å². The van der Waals surface area contributed by atoms with Crippen LogP contribution in [0.2, 0.25) is 5.02 Å². The van der Waals surface area contributed by atoms with Crippen molar-refractivity contribution in [1.29, 1.82) is 0 Å². The van der Waals surface area contributed by atoms with E-state index in [0.29, 0.717) is 34.8 Å². The third kappa shape index (κ3) is 2.70. The van der Waals surface area contributed by atoms with Crippen molar-refractivity contribution in [3.8, 4) is 0 Å². The van der Waals surface area contributed by atoms with E-state index >= 15 is 0 Å². The van der Waals surface area contributed by atoms with Gasteiger partial charge in [-0.15, -0.1) is 0 Å². The second-order valence-corrected chi connectivity index (χ2v) is 8.08. The molecule has 26 heavy (non-hydrogen) atoms. The third-order valence-electron chi connectivity index (χ3n) is 4.93. The topological polar surface area (TPSA) is 94.8 Å². The van der Waals surface area contributed by atoms with Crippen LogP contribution in [0.1, 0.15) is 43.7 Å². The molecule has 0 unspecified atom stereocenters. The van der Waals surface area contributed by atoms with Crippen molar-refractivity contribution >= 4 is 23.2 Å². The lowest BCUT2D eigenvalue weighted by Gasteiger charge is -2.38. The highest BCUT2D eigenvalue weighted by atomic mass is 35.5. The first-order valence-corrected chi connectivity index (χ1v) is 8.78. The number of hydrogen-bond acceptors (Lipinski definition) is 4. The minimum atomic E-state index is -0.587. The van der Waals surface area contributed by atoms with Gasteiger partial charge in [-0.1, -0.05) is 37.6 Å². The zero-order valence-electron chi connectivity index (χ0n) is 14.4. The number of halogens is 1. The molecule has 4 rings (SSSR count). The number of aromatic amines is 2. The highest BCUT2D eigenvalue weighted by molar-refractivity contribution is 6.30. The number of rotatable bonds is 1. The van der Waals surface area contributed by atoms with Gasteiger partial charge in [-0.05, 0) is 29.5 Å². The Hall–Kier alpha value is -2.60. The van der Waals surface area contributed by atoms with E-state index in [2.05, 4.69) is 15.3 Å². The summed E-state index contributed by atoms with van der Waals surface area (Å²) in [6.45, 7) is 4.06. The zero-order valence-corrected chi connectivity index (χ0v) is 15.2. The van der Waals surface area contributed by atoms with Crippen molar-refractivity contribution in [2.75, 3.05) is 5.32 Å². The molecule has 1 aromatic carbocycles. The predicted molar refractivity (Wildman–Crippen MR) is 99.6 cm³/mol. The second-order valence-electron chi connectivity index (χ2n) is 7.64. The molecular formula is C19H18ClN3O3. The van der Waals surface area contributed by atoms with Gasteiger partial charge in [-0.3, -0.25) is 19.6 Å². The number of aromatic nitrogens is 2. The summed E-state index contributed by atoms with van der Waals surface area (Å²) in [5.41, 5.74) is 1.13. The smallest absolute Gasteiger partial charge is 0.327 e. The van der Waals surface area contributed by atoms with Gasteiger partial charge in [0.05, 0.1) is 5.56 Å². The van der Waals surface area contributed by atoms with Gasteiger partial charge < -0.3 is 5.32 Å². The molecule has 1 aromatic heterocycles. The molecule has 0 radical (unpaired) electrons. The molecule has 7 heteroatoms. The van der Waals surface area contributed by atoms with E-state index in [-0.39, 0.29) is 11.2 Å². The molecule has 0 bridgehead atoms. The van der Waals surface area contributed by atoms with Crippen LogP contribution in [0.5, 0.6) is 0 Å². The lowest BCUT2D eigenvalue weighted by atomic mass is 9.69. The van der Waals surface area contributed by atoms with Gasteiger partial charge in [0.25, 0.3) is 5.56 Å². The number of nitrogens with one attached hydrogen (secondary N) is 3. The Balaban J connectivity index is 2.02. The molecule has 134 valence electrons. The number of fused-ring (bicyclic) bond motifs is 1. The van der Waals surface area contributed by atoms with Gasteiger partial charge in [0.15, 0.2) is 5.78 Å². The molecule has 2 heterocycles. The largest absolute Gasteiger partial charge is 0.344 e. The van der Waals surface area contributed by atoms with E-state index < -0.39 is 17.2 Å². The minimum Gasteiger partial charge on any atom is -0.344 e. The first kappa shape index (κ1) is 16.8. The van der Waals surface area contributed by atoms with Crippen LogP contribution in [-0.2, 0) is 4.79 Å². The number of hydrogen-bond donors (Lipinski definition) is 3. The van der Waals surface area contributed by atoms with Crippen LogP contribution in [-0.4, -0.2) is 15.8 Å². The van der Waals surface area contributed by atoms with E-state index in [9.17, 15) is 14.4 Å². The number of ketones is 1. The van der Waals surface area contributed by atoms with Crippen LogP contribution >= 0.6 is 11.6 Å². The van der Waals surface area contributed by atoms with Crippen molar-refractivity contribution in [1.82, 2.24) is 9.97 Å². The van der Waals surface area contributed by atoms with Crippen LogP contribution in [0.3, 0.4) is 0 Å². The van der Waals surface area contributed by atoms with Crippen molar-refractivity contribution < 1.29 is 4.79 Å². The molecule has 0 amide bonds. The predicted octanol–water partition coefficient (Wildman–Crippen LogP) is 2.92. The maximum Gasteiger partial charge on any atom is 0.327 e. The Bertz CT molecular complexity index is 1080. The normalized spacial score (nSPS) is 21.0. The average Bonchev–Trinajstić information content (AvgIpc) is 2.51. The summed E-state index contributed by atoms with van der Waals surface area (Å²) < 4.78 is 0. The van der Waals surface area contributed by atoms with Crippen LogP contribution in [0.25, 0.3) is 0 Å². The van der Waals surface area contributed by atoms with E-state index in [4.69, 9.17) is 11.6 Å². The Kier molecular flexibility index (Phi) is 3.70. The van der Waals surface area contributed by atoms with Gasteiger partial charge in [0.1, 0.15) is 5.82 Å². The van der Waals surface area contributed by atoms with Crippen LogP contribution in [0, 0.1) is 5.41 Å². The minimum absolute atomic E-state index is 0.00461. The molecular weight excluding hydrogens is 354 g/mol. The molecule has 1 aliphatic carbocycles. The summed E-state index contributed by atoms with van der Waals surface area (Å²) in [4.78, 5) is 42.2. The summed E-state index contributed by atoms with van der Waals surface area (Å²) in [5.74, 6) is -0.220. The standard InChI is InChI=1S/C19H18ClN3O3/c1-19(2)7-11-14(12(24)8-19)13(9-4-3-5-10(20)6-9)15-16(21-11)22-18(26)23-17(15)25/h3-6,13H,7-8H2,1-2H3,(H3,21,22,23,25,26)/t13-/m0/s1. The van der Waals surface area contributed by atoms with E-state index in [1.165, 1.54) is 0 Å². The molecule has 0 saturated carbocycles. The molecule has 0 spiro atoms. The number of carbonyl (C=O) groups is 1. The molecule has 0 fully saturated rings. The average molecular weight is 372 g/mol. The number of H-pyrrole nitrogens is 2. The molecule has 3 N–H and O–H groups in total. The highest BCUT2D eigenvalue weighted by Gasteiger charge is 2.42. The maximum absolute atomic E-state index is 13.0. The Labute approximate surface area is 154 Å². The Morgan fingerprint density at radius 3 is 2.62 bits per heavy atom. The number of anilines is 1. The SMILES string of the molecule is CC1(C)CC(=O)C2=C(C1)Nc1[nH]c(=O)[nH]c(=O)c1[C@H]2c1cccc(Cl)c1. The Morgan fingerprint density at radius 2 is 1.88 bits per heavy atom. The fraction of sp³-hybridized carbons (Fsp3) is 0.316. The first-order valence-electron chi connectivity index (χ1n) is 8.40. The van der Waals surface area contributed by atoms with Gasteiger partial charge in [-0.2, -0.15) is 0 Å². The molecule has 2 aliphatic rings. The lowest BCUT2D eigenvalue weighted by Crippen LogP contribution is -2.38. The maximum atomic E-state index is 13.0. The molecule has 0 saturated heterocycles. The van der Waals surface area contributed by atoms with Crippen molar-refractivity contribution in [2.45, 2.75) is 32.6 Å². The second kappa shape index (κ2) is 5.71. The molecule has 1 aliphatic heterocycles. The Morgan fingerprint density at radius 1 is 1.12 bits per heavy atom. The highest BCUT2D eigenvalue weighted by Crippen LogP contribution is 2.47. The number of benzene rings is 1. The van der Waals surface area contributed by atoms with Crippen molar-refractivity contribution in [3.63, 3.8) is 0 Å². The molecule has 1 atom stereocenters. The van der Waals surface area contributed by atoms with E-state index in [1.54, 1.807) is 18.2 Å². The quantitative estimate of drug-likeness (QED) is 0.718. The first-order chi connectivity index (χ1) is 12.2. The van der Waals surface area contributed by atoms with Gasteiger partial charge in [0, 0.05) is 28.6 Å². The summed E-state index contributed by atoms with van der Waals surface area (Å²) >= 11 is 6.15. The van der Waals surface area contributed by atoms with E-state index in [1.807, 2.05) is 19.9 Å². The summed E-state index contributed by atoms with van der Waals surface area (Å²) in [6, 6.07) is 7.12. The van der Waals surface area contributed by atoms with Gasteiger partial charge >= 0.3 is 5.69 Å². The van der Waals surface area contributed by atoms with Crippen LogP contribution in [0.4, 0.5) is 5.82 Å². The number of allylic oxidation sites excluding steroid dienone is 2. The van der Waals surface area contributed by atoms with E-state index in [0.717, 1.165) is 11.3 Å². The lowest BCUT2D eigenvalue weighted by molar-refractivity contribution is -0.118. The fourth-order valence-corrected chi connectivity index (χ4v) is 4.16. The number of carbonyl (C=O) groups excluding carboxylic acids is 1. The fourth-order valence-electron chi connectivity index (χ4n) is 3.97. The summed E-state index contributed by atoms with van der Waals surface area (Å²) in [7, 11) is 0. The van der Waals surface area contributed by atoms with Gasteiger partial charge in [-0.25, -0.2) is 4.79 Å². The third-order valence-corrected chi connectivity index (χ3v) is 5.17. The molecule has 2 aromatic rings. The summed E-state index contributed by atoms with van der Waals surface area (Å²) in [5, 5.41) is 3.65. The van der Waals surface area contributed by atoms with Crippen molar-refractivity contribution in [3.05, 3.63) is 72.5 Å². The van der Waals surface area contributed by atoms with Crippen LogP contribution < -0.4 is 16.6 Å². The molecule has 6 nitrogen and oxygen atoms in total. The van der Waals surface area contributed by atoms with Crippen molar-refractivity contribution in [2.24, 2.45) is 5.41 Å². The number of Topliss-reactive ketones (excluding diaryl/α,β-unsaturated/α-hetero) is 1.